The molecule has 13 heavy (non-hydrogen) atoms. The molecular formula is C10H12BrNO. The minimum absolute atomic E-state index is 0.175. The maximum absolute atomic E-state index is 9.54. The van der Waals surface area contributed by atoms with Gasteiger partial charge in [-0.1, -0.05) is 28.1 Å². The first-order valence-corrected chi connectivity index (χ1v) is 4.79. The number of halogens is 1. The molecular weight excluding hydrogens is 230 g/mol. The number of nitrogens with two attached hydrogens (primary N) is 1. The highest BCUT2D eigenvalue weighted by atomic mass is 79.9. The first kappa shape index (κ1) is 10.3. The summed E-state index contributed by atoms with van der Waals surface area (Å²) in [6.07, 6.45) is 2.40. The lowest BCUT2D eigenvalue weighted by molar-refractivity contribution is 0.461. The van der Waals surface area contributed by atoms with Crippen molar-refractivity contribution in [1.82, 2.24) is 0 Å². The van der Waals surface area contributed by atoms with Gasteiger partial charge in [-0.25, -0.2) is 0 Å². The molecule has 1 rings (SSSR count). The normalized spacial score (nSPS) is 12.5. The van der Waals surface area contributed by atoms with Crippen molar-refractivity contribution in [3.05, 3.63) is 40.9 Å². The molecule has 0 aromatic heterocycles. The summed E-state index contributed by atoms with van der Waals surface area (Å²) in [5.41, 5.74) is 6.56. The minimum atomic E-state index is -0.175. The molecule has 0 fully saturated rings. The van der Waals surface area contributed by atoms with E-state index in [1.807, 2.05) is 12.1 Å². The van der Waals surface area contributed by atoms with Crippen molar-refractivity contribution in [2.45, 2.75) is 12.5 Å². The molecule has 0 saturated heterocycles. The van der Waals surface area contributed by atoms with Gasteiger partial charge in [-0.3, -0.25) is 0 Å². The average Bonchev–Trinajstić information content (AvgIpc) is 2.04. The Morgan fingerprint density at radius 3 is 2.85 bits per heavy atom. The topological polar surface area (TPSA) is 46.2 Å². The Hall–Kier alpha value is -0.800. The van der Waals surface area contributed by atoms with E-state index in [-0.39, 0.29) is 11.8 Å². The van der Waals surface area contributed by atoms with Crippen LogP contribution in [0.2, 0.25) is 0 Å². The Kier molecular flexibility index (Phi) is 3.51. The average molecular weight is 242 g/mol. The minimum Gasteiger partial charge on any atom is -0.508 e. The summed E-state index contributed by atoms with van der Waals surface area (Å²) in [5.74, 6) is 0.226. The fraction of sp³-hybridized carbons (Fsp3) is 0.200. The lowest BCUT2D eigenvalue weighted by Gasteiger charge is -2.11. The number of hydrogen-bond donors (Lipinski definition) is 2. The summed E-state index contributed by atoms with van der Waals surface area (Å²) in [4.78, 5) is 0. The first-order valence-electron chi connectivity index (χ1n) is 4.00. The molecule has 0 amide bonds. The van der Waals surface area contributed by atoms with Crippen LogP contribution in [0.5, 0.6) is 5.75 Å². The number of phenols is 1. The molecule has 2 nitrogen and oxygen atoms in total. The van der Waals surface area contributed by atoms with Crippen molar-refractivity contribution in [2.75, 3.05) is 0 Å². The second-order valence-corrected chi connectivity index (χ2v) is 3.75. The molecule has 0 unspecified atom stereocenters. The van der Waals surface area contributed by atoms with Crippen molar-refractivity contribution in [2.24, 2.45) is 5.73 Å². The number of phenolic OH excluding ortho intramolecular Hbond substituents is 1. The third kappa shape index (κ3) is 2.57. The zero-order valence-corrected chi connectivity index (χ0v) is 8.79. The van der Waals surface area contributed by atoms with Crippen LogP contribution in [0.15, 0.2) is 35.3 Å². The van der Waals surface area contributed by atoms with Gasteiger partial charge in [-0.2, -0.15) is 0 Å². The fourth-order valence-corrected chi connectivity index (χ4v) is 1.49. The van der Waals surface area contributed by atoms with Crippen molar-refractivity contribution in [3.8, 4) is 5.75 Å². The molecule has 0 heterocycles. The van der Waals surface area contributed by atoms with Crippen LogP contribution in [0.25, 0.3) is 0 Å². The van der Waals surface area contributed by atoms with Crippen molar-refractivity contribution in [3.63, 3.8) is 0 Å². The molecule has 0 saturated carbocycles. The monoisotopic (exact) mass is 241 g/mol. The van der Waals surface area contributed by atoms with Crippen molar-refractivity contribution < 1.29 is 5.11 Å². The van der Waals surface area contributed by atoms with E-state index in [0.29, 0.717) is 6.42 Å². The SMILES string of the molecule is C=CC[C@@H](N)c1ccc(Br)cc1O. The van der Waals surface area contributed by atoms with E-state index in [1.165, 1.54) is 0 Å². The van der Waals surface area contributed by atoms with E-state index >= 15 is 0 Å². The number of benzene rings is 1. The van der Waals surface area contributed by atoms with E-state index in [0.717, 1.165) is 10.0 Å². The highest BCUT2D eigenvalue weighted by Crippen LogP contribution is 2.27. The van der Waals surface area contributed by atoms with Crippen LogP contribution in [0.4, 0.5) is 0 Å². The maximum Gasteiger partial charge on any atom is 0.121 e. The van der Waals surface area contributed by atoms with Crippen LogP contribution in [0.3, 0.4) is 0 Å². The zero-order chi connectivity index (χ0) is 9.84. The highest BCUT2D eigenvalue weighted by molar-refractivity contribution is 9.10. The summed E-state index contributed by atoms with van der Waals surface area (Å²) in [7, 11) is 0. The van der Waals surface area contributed by atoms with Gasteiger partial charge in [0.05, 0.1) is 0 Å². The summed E-state index contributed by atoms with van der Waals surface area (Å²) in [5, 5.41) is 9.54. The van der Waals surface area contributed by atoms with Gasteiger partial charge in [0.25, 0.3) is 0 Å². The van der Waals surface area contributed by atoms with E-state index in [2.05, 4.69) is 22.5 Å². The molecule has 1 atom stereocenters. The van der Waals surface area contributed by atoms with Crippen molar-refractivity contribution in [1.29, 1.82) is 0 Å². The van der Waals surface area contributed by atoms with E-state index in [1.54, 1.807) is 12.1 Å². The summed E-state index contributed by atoms with van der Waals surface area (Å²) in [6.45, 7) is 3.60. The predicted octanol–water partition coefficient (Wildman–Crippen LogP) is 2.73. The number of aromatic hydroxyl groups is 1. The molecule has 0 aliphatic rings. The van der Waals surface area contributed by atoms with Gasteiger partial charge < -0.3 is 10.8 Å². The number of hydrogen-bond acceptors (Lipinski definition) is 2. The van der Waals surface area contributed by atoms with Crippen LogP contribution in [-0.2, 0) is 0 Å². The van der Waals surface area contributed by atoms with Crippen LogP contribution in [0.1, 0.15) is 18.0 Å². The quantitative estimate of drug-likeness (QED) is 0.800. The lowest BCUT2D eigenvalue weighted by atomic mass is 10.0. The van der Waals surface area contributed by atoms with Crippen LogP contribution in [0, 0.1) is 0 Å². The van der Waals surface area contributed by atoms with Gasteiger partial charge in [0.1, 0.15) is 5.75 Å². The number of rotatable bonds is 3. The van der Waals surface area contributed by atoms with Gasteiger partial charge in [-0.15, -0.1) is 6.58 Å². The Morgan fingerprint density at radius 1 is 1.62 bits per heavy atom. The zero-order valence-electron chi connectivity index (χ0n) is 7.20. The third-order valence-corrected chi connectivity index (χ3v) is 2.31. The molecule has 1 aromatic rings. The molecule has 0 radical (unpaired) electrons. The lowest BCUT2D eigenvalue weighted by Crippen LogP contribution is -2.08. The molecule has 0 aliphatic heterocycles. The standard InChI is InChI=1S/C10H12BrNO/c1-2-3-9(12)8-5-4-7(11)6-10(8)13/h2,4-6,9,13H,1,3,12H2/t9-/m1/s1. The van der Waals surface area contributed by atoms with Gasteiger partial charge in [0, 0.05) is 16.1 Å². The van der Waals surface area contributed by atoms with Crippen LogP contribution < -0.4 is 5.73 Å². The second kappa shape index (κ2) is 4.44. The Balaban J connectivity index is 2.94. The molecule has 1 aromatic carbocycles. The highest BCUT2D eigenvalue weighted by Gasteiger charge is 2.08. The van der Waals surface area contributed by atoms with Gasteiger partial charge >= 0.3 is 0 Å². The molecule has 3 N–H and O–H groups in total. The van der Waals surface area contributed by atoms with Crippen LogP contribution >= 0.6 is 15.9 Å². The fourth-order valence-electron chi connectivity index (χ4n) is 1.14. The summed E-state index contributed by atoms with van der Waals surface area (Å²) < 4.78 is 0.847. The maximum atomic E-state index is 9.54. The summed E-state index contributed by atoms with van der Waals surface area (Å²) in [6, 6.07) is 5.13. The Bertz CT molecular complexity index is 312. The third-order valence-electron chi connectivity index (χ3n) is 1.81. The molecule has 0 bridgehead atoms. The van der Waals surface area contributed by atoms with E-state index < -0.39 is 0 Å². The molecule has 3 heteroatoms. The van der Waals surface area contributed by atoms with E-state index in [9.17, 15) is 5.11 Å². The Morgan fingerprint density at radius 2 is 2.31 bits per heavy atom. The van der Waals surface area contributed by atoms with Gasteiger partial charge in [0.2, 0.25) is 0 Å². The smallest absolute Gasteiger partial charge is 0.121 e. The molecule has 70 valence electrons. The largest absolute Gasteiger partial charge is 0.508 e. The van der Waals surface area contributed by atoms with Crippen molar-refractivity contribution >= 4 is 15.9 Å². The predicted molar refractivity (Wildman–Crippen MR) is 57.5 cm³/mol. The van der Waals surface area contributed by atoms with E-state index in [4.69, 9.17) is 5.73 Å². The van der Waals surface area contributed by atoms with Crippen LogP contribution in [-0.4, -0.2) is 5.11 Å². The second-order valence-electron chi connectivity index (χ2n) is 2.83. The summed E-state index contributed by atoms with van der Waals surface area (Å²) >= 11 is 3.26. The Labute approximate surface area is 86.2 Å². The van der Waals surface area contributed by atoms with Gasteiger partial charge in [0.15, 0.2) is 0 Å². The molecule has 0 spiro atoms. The first-order chi connectivity index (χ1) is 6.15. The van der Waals surface area contributed by atoms with Gasteiger partial charge in [-0.05, 0) is 18.6 Å². The molecule has 0 aliphatic carbocycles.